The average Bonchev–Trinajstić information content (AvgIpc) is 2.76. The van der Waals surface area contributed by atoms with E-state index in [0.717, 1.165) is 18.9 Å². The van der Waals surface area contributed by atoms with Gasteiger partial charge >= 0.3 is 5.97 Å². The lowest BCUT2D eigenvalue weighted by Crippen LogP contribution is -2.24. The minimum absolute atomic E-state index is 0.0331. The van der Waals surface area contributed by atoms with Gasteiger partial charge in [0.25, 0.3) is 0 Å². The Morgan fingerprint density at radius 2 is 2.10 bits per heavy atom. The first kappa shape index (κ1) is 16.7. The minimum Gasteiger partial charge on any atom is -0.477 e. The number of unbranched alkanes of at least 4 members (excludes halogenated alkanes) is 2. The topological polar surface area (TPSA) is 97.6 Å². The lowest BCUT2D eigenvalue weighted by Gasteiger charge is -2.04. The Kier molecular flexibility index (Phi) is 6.18. The highest BCUT2D eigenvalue weighted by Gasteiger charge is 2.19. The smallest absolute Gasteiger partial charge is 0.352 e. The molecule has 1 aromatic heterocycles. The largest absolute Gasteiger partial charge is 0.477 e. The summed E-state index contributed by atoms with van der Waals surface area (Å²) >= 11 is 0. The highest BCUT2D eigenvalue weighted by Crippen LogP contribution is 2.13. The van der Waals surface area contributed by atoms with Crippen LogP contribution >= 0.6 is 0 Å². The van der Waals surface area contributed by atoms with Crippen LogP contribution in [0.1, 0.15) is 29.8 Å². The Balaban J connectivity index is 2.56. The first-order valence-corrected chi connectivity index (χ1v) is 7.75. The molecular formula is C12H20N2O5S. The molecule has 0 bridgehead atoms. The molecular weight excluding hydrogens is 284 g/mol. The third-order valence-corrected chi connectivity index (χ3v) is 4.25. The number of rotatable bonds is 9. The maximum absolute atomic E-state index is 12.0. The predicted molar refractivity (Wildman–Crippen MR) is 73.3 cm³/mol. The second-order valence-corrected chi connectivity index (χ2v) is 6.20. The number of aryl methyl sites for hydroxylation is 1. The zero-order valence-electron chi connectivity index (χ0n) is 11.6. The van der Waals surface area contributed by atoms with Crippen molar-refractivity contribution in [3.8, 4) is 0 Å². The normalized spacial score (nSPS) is 11.7. The molecule has 0 radical (unpaired) electrons. The van der Waals surface area contributed by atoms with Crippen molar-refractivity contribution < 1.29 is 23.1 Å². The molecule has 0 saturated carbocycles. The summed E-state index contributed by atoms with van der Waals surface area (Å²) in [4.78, 5) is 10.8. The van der Waals surface area contributed by atoms with Crippen molar-refractivity contribution in [1.82, 2.24) is 9.29 Å². The van der Waals surface area contributed by atoms with Gasteiger partial charge in [-0.2, -0.15) is 0 Å². The van der Waals surface area contributed by atoms with E-state index in [9.17, 15) is 13.2 Å². The van der Waals surface area contributed by atoms with Gasteiger partial charge < -0.3 is 14.4 Å². The van der Waals surface area contributed by atoms with Crippen LogP contribution in [0.25, 0.3) is 0 Å². The maximum Gasteiger partial charge on any atom is 0.352 e. The van der Waals surface area contributed by atoms with Gasteiger partial charge in [-0.25, -0.2) is 17.9 Å². The van der Waals surface area contributed by atoms with E-state index in [-0.39, 0.29) is 10.6 Å². The molecule has 7 nitrogen and oxygen atoms in total. The summed E-state index contributed by atoms with van der Waals surface area (Å²) in [6, 6.07) is 1.15. The van der Waals surface area contributed by atoms with E-state index >= 15 is 0 Å². The standard InChI is InChI=1S/C12H20N2O5S/c1-14-9-10(8-11(14)12(15)16)20(17,18)13-6-4-3-5-7-19-2/h8-9,13H,3-7H2,1-2H3,(H,15,16). The van der Waals surface area contributed by atoms with Crippen LogP contribution in [0.4, 0.5) is 0 Å². The summed E-state index contributed by atoms with van der Waals surface area (Å²) in [5.41, 5.74) is -0.0644. The number of nitrogens with one attached hydrogen (secondary N) is 1. The molecule has 8 heteroatoms. The second-order valence-electron chi connectivity index (χ2n) is 4.43. The Hall–Kier alpha value is -1.38. The fourth-order valence-corrected chi connectivity index (χ4v) is 2.88. The highest BCUT2D eigenvalue weighted by molar-refractivity contribution is 7.89. The Morgan fingerprint density at radius 1 is 1.40 bits per heavy atom. The average molecular weight is 304 g/mol. The minimum atomic E-state index is -3.65. The summed E-state index contributed by atoms with van der Waals surface area (Å²) in [6.45, 7) is 0.983. The Labute approximate surface area is 118 Å². The zero-order chi connectivity index (χ0) is 15.2. The van der Waals surface area contributed by atoms with Crippen LogP contribution < -0.4 is 4.72 Å². The fourth-order valence-electron chi connectivity index (χ4n) is 1.73. The van der Waals surface area contributed by atoms with E-state index in [4.69, 9.17) is 9.84 Å². The van der Waals surface area contributed by atoms with E-state index in [2.05, 4.69) is 4.72 Å². The summed E-state index contributed by atoms with van der Waals surface area (Å²) in [5, 5.41) is 8.89. The first-order chi connectivity index (χ1) is 9.38. The van der Waals surface area contributed by atoms with Crippen molar-refractivity contribution in [2.75, 3.05) is 20.3 Å². The van der Waals surface area contributed by atoms with Crippen LogP contribution in [0.5, 0.6) is 0 Å². The zero-order valence-corrected chi connectivity index (χ0v) is 12.4. The van der Waals surface area contributed by atoms with Crippen molar-refractivity contribution in [3.63, 3.8) is 0 Å². The fraction of sp³-hybridized carbons (Fsp3) is 0.583. The van der Waals surface area contributed by atoms with Gasteiger partial charge in [-0.15, -0.1) is 0 Å². The molecule has 0 atom stereocenters. The van der Waals surface area contributed by atoms with Crippen LogP contribution in [-0.2, 0) is 21.8 Å². The van der Waals surface area contributed by atoms with E-state index < -0.39 is 16.0 Å². The molecule has 0 aliphatic heterocycles. The van der Waals surface area contributed by atoms with Crippen molar-refractivity contribution in [3.05, 3.63) is 18.0 Å². The van der Waals surface area contributed by atoms with Crippen LogP contribution in [-0.4, -0.2) is 44.3 Å². The molecule has 0 amide bonds. The molecule has 1 rings (SSSR count). The molecule has 0 aliphatic rings. The highest BCUT2D eigenvalue weighted by atomic mass is 32.2. The maximum atomic E-state index is 12.0. The number of sulfonamides is 1. The third kappa shape index (κ3) is 4.62. The van der Waals surface area contributed by atoms with Gasteiger partial charge in [-0.3, -0.25) is 0 Å². The predicted octanol–water partition coefficient (Wildman–Crippen LogP) is 0.818. The van der Waals surface area contributed by atoms with Gasteiger partial charge in [0.1, 0.15) is 10.6 Å². The third-order valence-electron chi connectivity index (χ3n) is 2.83. The SMILES string of the molecule is COCCCCCNS(=O)(=O)c1cc(C(=O)O)n(C)c1. The summed E-state index contributed by atoms with van der Waals surface area (Å²) in [5.74, 6) is -1.16. The van der Waals surface area contributed by atoms with Gasteiger partial charge in [0.15, 0.2) is 0 Å². The van der Waals surface area contributed by atoms with E-state index in [1.165, 1.54) is 17.8 Å². The number of methoxy groups -OCH3 is 1. The number of carbonyl (C=O) groups is 1. The van der Waals surface area contributed by atoms with Gasteiger partial charge in [0, 0.05) is 33.5 Å². The molecule has 0 aliphatic carbocycles. The van der Waals surface area contributed by atoms with E-state index in [1.807, 2.05) is 0 Å². The number of ether oxygens (including phenoxy) is 1. The van der Waals surface area contributed by atoms with Crippen molar-refractivity contribution >= 4 is 16.0 Å². The van der Waals surface area contributed by atoms with Crippen molar-refractivity contribution in [2.45, 2.75) is 24.2 Å². The lowest BCUT2D eigenvalue weighted by molar-refractivity contribution is 0.0686. The van der Waals surface area contributed by atoms with Crippen molar-refractivity contribution in [2.24, 2.45) is 7.05 Å². The molecule has 20 heavy (non-hydrogen) atoms. The molecule has 0 aromatic carbocycles. The molecule has 1 aromatic rings. The molecule has 1 heterocycles. The monoisotopic (exact) mass is 304 g/mol. The molecule has 0 saturated heterocycles. The van der Waals surface area contributed by atoms with Crippen LogP contribution in [0.3, 0.4) is 0 Å². The number of carboxylic acids is 1. The molecule has 0 unspecified atom stereocenters. The van der Waals surface area contributed by atoms with E-state index in [1.54, 1.807) is 7.11 Å². The number of hydrogen-bond acceptors (Lipinski definition) is 4. The van der Waals surface area contributed by atoms with Crippen molar-refractivity contribution in [1.29, 1.82) is 0 Å². The van der Waals surface area contributed by atoms with Gasteiger partial charge in [0.2, 0.25) is 10.0 Å². The van der Waals surface area contributed by atoms with Crippen LogP contribution in [0.15, 0.2) is 17.2 Å². The Bertz CT molecular complexity index is 550. The van der Waals surface area contributed by atoms with Gasteiger partial charge in [-0.05, 0) is 25.3 Å². The molecule has 0 spiro atoms. The number of hydrogen-bond donors (Lipinski definition) is 2. The van der Waals surface area contributed by atoms with Gasteiger partial charge in [-0.1, -0.05) is 0 Å². The number of nitrogens with zero attached hydrogens (tertiary/aromatic N) is 1. The second kappa shape index (κ2) is 7.41. The van der Waals surface area contributed by atoms with Crippen LogP contribution in [0, 0.1) is 0 Å². The summed E-state index contributed by atoms with van der Waals surface area (Å²) in [6.07, 6.45) is 3.75. The Morgan fingerprint density at radius 3 is 2.65 bits per heavy atom. The lowest BCUT2D eigenvalue weighted by atomic mass is 10.2. The number of aromatic carboxylic acids is 1. The quantitative estimate of drug-likeness (QED) is 0.658. The molecule has 2 N–H and O–H groups in total. The summed E-state index contributed by atoms with van der Waals surface area (Å²) < 4.78 is 32.6. The van der Waals surface area contributed by atoms with E-state index in [0.29, 0.717) is 19.6 Å². The van der Waals surface area contributed by atoms with Gasteiger partial charge in [0.05, 0.1) is 0 Å². The van der Waals surface area contributed by atoms with Crippen LogP contribution in [0.2, 0.25) is 0 Å². The summed E-state index contributed by atoms with van der Waals surface area (Å²) in [7, 11) is -0.537. The number of aromatic nitrogens is 1. The number of carboxylic acid groups (broad SMARTS) is 1. The first-order valence-electron chi connectivity index (χ1n) is 6.26. The molecule has 0 fully saturated rings. The molecule has 114 valence electrons.